The molecule has 0 saturated carbocycles. The Balaban J connectivity index is 4.02. The van der Waals surface area contributed by atoms with Crippen molar-refractivity contribution in [3.63, 3.8) is 0 Å². The molecule has 0 amide bonds. The molecule has 0 spiro atoms. The Hall–Kier alpha value is -3.41. The molecule has 0 saturated heterocycles. The number of hydrogen-bond donors (Lipinski definition) is 0. The molecule has 480 valence electrons. The maximum absolute atomic E-state index is 12.9. The molecule has 6 nitrogen and oxygen atoms in total. The van der Waals surface area contributed by atoms with E-state index >= 15 is 0 Å². The van der Waals surface area contributed by atoms with Gasteiger partial charge in [-0.2, -0.15) is 0 Å². The van der Waals surface area contributed by atoms with E-state index in [-0.39, 0.29) is 31.1 Å². The topological polar surface area (TPSA) is 78.9 Å². The van der Waals surface area contributed by atoms with Gasteiger partial charge in [-0.1, -0.05) is 337 Å². The van der Waals surface area contributed by atoms with Gasteiger partial charge in [0.1, 0.15) is 13.2 Å². The van der Waals surface area contributed by atoms with Crippen molar-refractivity contribution in [3.8, 4) is 0 Å². The summed E-state index contributed by atoms with van der Waals surface area (Å²) in [6, 6.07) is 0. The van der Waals surface area contributed by atoms with Gasteiger partial charge in [0.2, 0.25) is 0 Å². The minimum absolute atomic E-state index is 0.0836. The fourth-order valence-corrected chi connectivity index (χ4v) is 10.5. The first kappa shape index (κ1) is 79.6. The van der Waals surface area contributed by atoms with Crippen LogP contribution in [0.4, 0.5) is 0 Å². The van der Waals surface area contributed by atoms with E-state index in [2.05, 4.69) is 106 Å². The molecule has 0 aromatic rings. The van der Waals surface area contributed by atoms with Crippen LogP contribution >= 0.6 is 0 Å². The summed E-state index contributed by atoms with van der Waals surface area (Å²) < 4.78 is 16.9. The van der Waals surface area contributed by atoms with E-state index in [1.807, 2.05) is 0 Å². The molecule has 0 heterocycles. The summed E-state index contributed by atoms with van der Waals surface area (Å²) in [5, 5.41) is 0. The standard InChI is InChI=1S/C77H136O6/c1-4-7-10-13-16-18-20-22-24-26-28-30-32-33-34-35-36-37-38-39-40-41-42-43-45-46-48-50-52-54-56-58-61-64-67-70-76(79)82-73-74(72-81-75(78)69-66-63-60-15-12-9-6-3)83-77(80)71-68-65-62-59-57-55-53-51-49-47-44-31-29-27-25-23-21-19-17-14-11-8-5-2/h8,11,17,19,23,25-26,28-29,31,47,49,53,55,74H,4-7,9-10,12-16,18,20-22,24,27,30,32-46,48,50-52,54,56-73H2,1-3H3/b11-8-,19-17-,25-23-,28-26-,31-29-,49-47-,55-53-. The van der Waals surface area contributed by atoms with Crippen LogP contribution in [0.3, 0.4) is 0 Å². The van der Waals surface area contributed by atoms with Gasteiger partial charge in [-0.25, -0.2) is 0 Å². The van der Waals surface area contributed by atoms with Gasteiger partial charge in [0.15, 0.2) is 6.10 Å². The van der Waals surface area contributed by atoms with Crippen molar-refractivity contribution in [2.75, 3.05) is 13.2 Å². The lowest BCUT2D eigenvalue weighted by Crippen LogP contribution is -2.30. The van der Waals surface area contributed by atoms with E-state index in [0.29, 0.717) is 19.3 Å². The Morgan fingerprint density at radius 3 is 0.747 bits per heavy atom. The average molecular weight is 1160 g/mol. The summed E-state index contributed by atoms with van der Waals surface area (Å²) in [6.07, 6.45) is 95.2. The largest absolute Gasteiger partial charge is 0.462 e. The van der Waals surface area contributed by atoms with Crippen LogP contribution in [0.25, 0.3) is 0 Å². The molecule has 0 rings (SSSR count). The first-order valence-electron chi connectivity index (χ1n) is 36.1. The second kappa shape index (κ2) is 71.1. The monoisotopic (exact) mass is 1160 g/mol. The molecule has 6 heteroatoms. The SMILES string of the molecule is CC/C=C\C/C=C\C/C=C\C/C=C\C/C=C\C/C=C\CCCCCCC(=O)OC(COC(=O)CCCCCCCCC)COC(=O)CCCCCCCCCCCCCCCCCCCCCCCCC/C=C\CCCCCCCCCC. The number of esters is 3. The van der Waals surface area contributed by atoms with Gasteiger partial charge in [-0.3, -0.25) is 14.4 Å². The third kappa shape index (κ3) is 69.3. The minimum Gasteiger partial charge on any atom is -0.462 e. The summed E-state index contributed by atoms with van der Waals surface area (Å²) in [6.45, 7) is 6.50. The molecule has 0 aromatic carbocycles. The minimum atomic E-state index is -0.788. The third-order valence-electron chi connectivity index (χ3n) is 15.9. The van der Waals surface area contributed by atoms with Crippen LogP contribution in [-0.4, -0.2) is 37.2 Å². The third-order valence-corrected chi connectivity index (χ3v) is 15.9. The van der Waals surface area contributed by atoms with E-state index in [4.69, 9.17) is 14.2 Å². The lowest BCUT2D eigenvalue weighted by molar-refractivity contribution is -0.167. The van der Waals surface area contributed by atoms with Crippen LogP contribution < -0.4 is 0 Å². The Morgan fingerprint density at radius 2 is 0.470 bits per heavy atom. The van der Waals surface area contributed by atoms with E-state index in [9.17, 15) is 14.4 Å². The normalized spacial score (nSPS) is 12.6. The summed E-state index contributed by atoms with van der Waals surface area (Å²) in [5.74, 6) is -0.901. The maximum Gasteiger partial charge on any atom is 0.306 e. The molecule has 0 aromatic heterocycles. The highest BCUT2D eigenvalue weighted by molar-refractivity contribution is 5.71. The molecule has 0 aliphatic rings. The van der Waals surface area contributed by atoms with Gasteiger partial charge in [0.05, 0.1) is 0 Å². The molecule has 0 N–H and O–H groups in total. The zero-order valence-electron chi connectivity index (χ0n) is 55.2. The van der Waals surface area contributed by atoms with Crippen LogP contribution in [0.1, 0.15) is 367 Å². The summed E-state index contributed by atoms with van der Waals surface area (Å²) >= 11 is 0. The number of hydrogen-bond acceptors (Lipinski definition) is 6. The molecular formula is C77H136O6. The maximum atomic E-state index is 12.9. The summed E-state index contributed by atoms with van der Waals surface area (Å²) in [7, 11) is 0. The van der Waals surface area contributed by atoms with Crippen molar-refractivity contribution in [1.82, 2.24) is 0 Å². The molecule has 0 radical (unpaired) electrons. The number of ether oxygens (including phenoxy) is 3. The number of allylic oxidation sites excluding steroid dienone is 14. The van der Waals surface area contributed by atoms with Gasteiger partial charge in [-0.15, -0.1) is 0 Å². The van der Waals surface area contributed by atoms with Crippen molar-refractivity contribution in [2.45, 2.75) is 374 Å². The van der Waals surface area contributed by atoms with Gasteiger partial charge >= 0.3 is 17.9 Å². The molecule has 0 aliphatic carbocycles. The van der Waals surface area contributed by atoms with Crippen LogP contribution in [0.15, 0.2) is 85.1 Å². The van der Waals surface area contributed by atoms with Gasteiger partial charge < -0.3 is 14.2 Å². The summed E-state index contributed by atoms with van der Waals surface area (Å²) in [5.41, 5.74) is 0. The Bertz CT molecular complexity index is 1570. The van der Waals surface area contributed by atoms with Crippen molar-refractivity contribution in [2.24, 2.45) is 0 Å². The second-order valence-electron chi connectivity index (χ2n) is 24.1. The lowest BCUT2D eigenvalue weighted by Gasteiger charge is -2.18. The zero-order chi connectivity index (χ0) is 59.9. The van der Waals surface area contributed by atoms with Crippen LogP contribution in [0, 0.1) is 0 Å². The predicted octanol–water partition coefficient (Wildman–Crippen LogP) is 25.0. The first-order chi connectivity index (χ1) is 41.0. The van der Waals surface area contributed by atoms with E-state index in [1.165, 1.54) is 218 Å². The van der Waals surface area contributed by atoms with Gasteiger partial charge in [-0.05, 0) is 96.3 Å². The summed E-state index contributed by atoms with van der Waals surface area (Å²) in [4.78, 5) is 38.2. The lowest BCUT2D eigenvalue weighted by atomic mass is 10.0. The van der Waals surface area contributed by atoms with Crippen LogP contribution in [-0.2, 0) is 28.6 Å². The zero-order valence-corrected chi connectivity index (χ0v) is 55.2. The Labute approximate surface area is 515 Å². The molecule has 83 heavy (non-hydrogen) atoms. The average Bonchev–Trinajstić information content (AvgIpc) is 3.50. The second-order valence-corrected chi connectivity index (χ2v) is 24.1. The predicted molar refractivity (Wildman–Crippen MR) is 362 cm³/mol. The number of rotatable bonds is 66. The Morgan fingerprint density at radius 1 is 0.253 bits per heavy atom. The molecular weight excluding hydrogens is 1020 g/mol. The molecule has 0 fully saturated rings. The molecule has 1 unspecified atom stereocenters. The van der Waals surface area contributed by atoms with Crippen molar-refractivity contribution < 1.29 is 28.6 Å². The first-order valence-corrected chi connectivity index (χ1v) is 36.1. The van der Waals surface area contributed by atoms with E-state index in [1.54, 1.807) is 0 Å². The smallest absolute Gasteiger partial charge is 0.306 e. The molecule has 0 aliphatic heterocycles. The van der Waals surface area contributed by atoms with Crippen LogP contribution in [0.2, 0.25) is 0 Å². The van der Waals surface area contributed by atoms with Crippen molar-refractivity contribution in [1.29, 1.82) is 0 Å². The van der Waals surface area contributed by atoms with Crippen molar-refractivity contribution in [3.05, 3.63) is 85.1 Å². The quantitative estimate of drug-likeness (QED) is 0.0261. The van der Waals surface area contributed by atoms with E-state index in [0.717, 1.165) is 109 Å². The van der Waals surface area contributed by atoms with Crippen molar-refractivity contribution >= 4 is 17.9 Å². The number of carbonyl (C=O) groups is 3. The highest BCUT2D eigenvalue weighted by Gasteiger charge is 2.19. The van der Waals surface area contributed by atoms with Gasteiger partial charge in [0, 0.05) is 19.3 Å². The highest BCUT2D eigenvalue weighted by Crippen LogP contribution is 2.18. The fraction of sp³-hybridized carbons (Fsp3) is 0.779. The number of unbranched alkanes of at least 4 members (excludes halogenated alkanes) is 41. The van der Waals surface area contributed by atoms with Crippen LogP contribution in [0.5, 0.6) is 0 Å². The van der Waals surface area contributed by atoms with E-state index < -0.39 is 6.10 Å². The molecule has 0 bridgehead atoms. The Kier molecular flexibility index (Phi) is 68.2. The highest BCUT2D eigenvalue weighted by atomic mass is 16.6. The number of carbonyl (C=O) groups excluding carboxylic acids is 3. The molecule has 1 atom stereocenters. The van der Waals surface area contributed by atoms with Gasteiger partial charge in [0.25, 0.3) is 0 Å². The fourth-order valence-electron chi connectivity index (χ4n) is 10.5.